The third-order valence-corrected chi connectivity index (χ3v) is 3.91. The first-order chi connectivity index (χ1) is 10.2. The lowest BCUT2D eigenvalue weighted by Gasteiger charge is -2.27. The molecule has 1 aliphatic heterocycles. The Bertz CT molecular complexity index is 673. The van der Waals surface area contributed by atoms with Crippen molar-refractivity contribution in [3.63, 3.8) is 0 Å². The molecular formula is C19H19NO. The van der Waals surface area contributed by atoms with Crippen LogP contribution in [0.15, 0.2) is 60.7 Å². The molecule has 0 unspecified atom stereocenters. The van der Waals surface area contributed by atoms with Gasteiger partial charge in [0.05, 0.1) is 0 Å². The molecule has 0 atom stereocenters. The number of rotatable bonds is 2. The number of hydrogen-bond acceptors (Lipinski definition) is 1. The van der Waals surface area contributed by atoms with Gasteiger partial charge in [0.2, 0.25) is 0 Å². The van der Waals surface area contributed by atoms with Crippen LogP contribution in [0.2, 0.25) is 0 Å². The molecule has 106 valence electrons. The minimum Gasteiger partial charge on any atom is -0.335 e. The second-order valence-corrected chi connectivity index (χ2v) is 5.47. The summed E-state index contributed by atoms with van der Waals surface area (Å²) in [7, 11) is 0. The van der Waals surface area contributed by atoms with E-state index in [1.165, 1.54) is 11.1 Å². The lowest BCUT2D eigenvalue weighted by Crippen LogP contribution is -2.34. The Hall–Kier alpha value is -2.35. The summed E-state index contributed by atoms with van der Waals surface area (Å²) in [6.07, 6.45) is 3.09. The molecule has 0 fully saturated rings. The number of carbonyl (C=O) groups excluding carboxylic acids is 1. The maximum atomic E-state index is 12.5. The molecule has 0 saturated carbocycles. The lowest BCUT2D eigenvalue weighted by molar-refractivity contribution is 0.0773. The molecule has 1 amide bonds. The standard InChI is InChI=1S/C19H19NO/c1-15-6-5-9-18(14-15)19(21)20-12-10-17(11-13-20)16-7-3-2-4-8-16/h2-10,14H,11-13H2,1H3. The Morgan fingerprint density at radius 3 is 2.52 bits per heavy atom. The van der Waals surface area contributed by atoms with Crippen molar-refractivity contribution in [1.82, 2.24) is 4.90 Å². The predicted molar refractivity (Wildman–Crippen MR) is 86.1 cm³/mol. The molecule has 0 aromatic heterocycles. The van der Waals surface area contributed by atoms with E-state index in [9.17, 15) is 4.79 Å². The second-order valence-electron chi connectivity index (χ2n) is 5.47. The quantitative estimate of drug-likeness (QED) is 0.814. The van der Waals surface area contributed by atoms with Crippen molar-refractivity contribution in [2.75, 3.05) is 13.1 Å². The van der Waals surface area contributed by atoms with E-state index in [1.807, 2.05) is 42.2 Å². The molecule has 2 nitrogen and oxygen atoms in total. The molecule has 0 aliphatic carbocycles. The summed E-state index contributed by atoms with van der Waals surface area (Å²) in [6.45, 7) is 3.49. The zero-order valence-corrected chi connectivity index (χ0v) is 12.3. The van der Waals surface area contributed by atoms with E-state index in [-0.39, 0.29) is 5.91 Å². The van der Waals surface area contributed by atoms with E-state index in [1.54, 1.807) is 0 Å². The zero-order valence-electron chi connectivity index (χ0n) is 12.3. The van der Waals surface area contributed by atoms with Crippen molar-refractivity contribution < 1.29 is 4.79 Å². The molecule has 3 rings (SSSR count). The highest BCUT2D eigenvalue weighted by Gasteiger charge is 2.19. The van der Waals surface area contributed by atoms with Crippen LogP contribution < -0.4 is 0 Å². The summed E-state index contributed by atoms with van der Waals surface area (Å²) in [5.41, 5.74) is 4.51. The van der Waals surface area contributed by atoms with Gasteiger partial charge in [-0.25, -0.2) is 0 Å². The van der Waals surface area contributed by atoms with Gasteiger partial charge in [0, 0.05) is 18.7 Å². The number of nitrogens with zero attached hydrogens (tertiary/aromatic N) is 1. The Morgan fingerprint density at radius 1 is 1.05 bits per heavy atom. The summed E-state index contributed by atoms with van der Waals surface area (Å²) in [5, 5.41) is 0. The Balaban J connectivity index is 1.73. The first-order valence-corrected chi connectivity index (χ1v) is 7.34. The van der Waals surface area contributed by atoms with Crippen LogP contribution in [0.1, 0.15) is 27.9 Å². The van der Waals surface area contributed by atoms with Gasteiger partial charge in [-0.1, -0.05) is 54.1 Å². The van der Waals surface area contributed by atoms with Crippen LogP contribution in [-0.2, 0) is 0 Å². The van der Waals surface area contributed by atoms with Gasteiger partial charge in [-0.3, -0.25) is 4.79 Å². The first kappa shape index (κ1) is 13.6. The van der Waals surface area contributed by atoms with Crippen LogP contribution in [-0.4, -0.2) is 23.9 Å². The molecular weight excluding hydrogens is 258 g/mol. The van der Waals surface area contributed by atoms with Gasteiger partial charge in [0.25, 0.3) is 5.91 Å². The van der Waals surface area contributed by atoms with Crippen molar-refractivity contribution >= 4 is 11.5 Å². The van der Waals surface area contributed by atoms with Gasteiger partial charge >= 0.3 is 0 Å². The van der Waals surface area contributed by atoms with E-state index in [2.05, 4.69) is 30.3 Å². The predicted octanol–water partition coefficient (Wildman–Crippen LogP) is 3.92. The summed E-state index contributed by atoms with van der Waals surface area (Å²) < 4.78 is 0. The van der Waals surface area contributed by atoms with Crippen LogP contribution in [0.3, 0.4) is 0 Å². The smallest absolute Gasteiger partial charge is 0.254 e. The fourth-order valence-corrected chi connectivity index (χ4v) is 2.73. The van der Waals surface area contributed by atoms with Crippen molar-refractivity contribution in [1.29, 1.82) is 0 Å². The maximum Gasteiger partial charge on any atom is 0.254 e. The number of carbonyl (C=O) groups is 1. The topological polar surface area (TPSA) is 20.3 Å². The highest BCUT2D eigenvalue weighted by atomic mass is 16.2. The molecule has 0 radical (unpaired) electrons. The SMILES string of the molecule is Cc1cccc(C(=O)N2CC=C(c3ccccc3)CC2)c1. The summed E-state index contributed by atoms with van der Waals surface area (Å²) in [5.74, 6) is 0.127. The Labute approximate surface area is 125 Å². The van der Waals surface area contributed by atoms with Gasteiger partial charge in [0.1, 0.15) is 0 Å². The third-order valence-electron chi connectivity index (χ3n) is 3.91. The summed E-state index contributed by atoms with van der Waals surface area (Å²) >= 11 is 0. The maximum absolute atomic E-state index is 12.5. The molecule has 0 saturated heterocycles. The molecule has 0 N–H and O–H groups in total. The summed E-state index contributed by atoms with van der Waals surface area (Å²) in [4.78, 5) is 14.4. The normalized spacial score (nSPS) is 14.7. The number of amides is 1. The van der Waals surface area contributed by atoms with Crippen LogP contribution in [0, 0.1) is 6.92 Å². The average molecular weight is 277 g/mol. The van der Waals surface area contributed by atoms with E-state index in [0.29, 0.717) is 6.54 Å². The van der Waals surface area contributed by atoms with Crippen molar-refractivity contribution in [2.45, 2.75) is 13.3 Å². The van der Waals surface area contributed by atoms with Gasteiger partial charge in [-0.15, -0.1) is 0 Å². The van der Waals surface area contributed by atoms with E-state index in [4.69, 9.17) is 0 Å². The van der Waals surface area contributed by atoms with Crippen molar-refractivity contribution in [3.05, 3.63) is 77.4 Å². The molecule has 1 heterocycles. The van der Waals surface area contributed by atoms with Crippen LogP contribution in [0.4, 0.5) is 0 Å². The van der Waals surface area contributed by atoms with Gasteiger partial charge in [-0.05, 0) is 36.6 Å². The number of hydrogen-bond donors (Lipinski definition) is 0. The third kappa shape index (κ3) is 3.05. The van der Waals surface area contributed by atoms with Crippen molar-refractivity contribution in [3.8, 4) is 0 Å². The van der Waals surface area contributed by atoms with Gasteiger partial charge in [0.15, 0.2) is 0 Å². The second kappa shape index (κ2) is 5.96. The molecule has 0 spiro atoms. The largest absolute Gasteiger partial charge is 0.335 e. The van der Waals surface area contributed by atoms with Crippen molar-refractivity contribution in [2.24, 2.45) is 0 Å². The number of aryl methyl sites for hydroxylation is 1. The van der Waals surface area contributed by atoms with E-state index in [0.717, 1.165) is 24.1 Å². The zero-order chi connectivity index (χ0) is 14.7. The van der Waals surface area contributed by atoms with Crippen LogP contribution in [0.5, 0.6) is 0 Å². The first-order valence-electron chi connectivity index (χ1n) is 7.34. The minimum atomic E-state index is 0.127. The Morgan fingerprint density at radius 2 is 1.86 bits per heavy atom. The molecule has 21 heavy (non-hydrogen) atoms. The fraction of sp³-hybridized carbons (Fsp3) is 0.211. The highest BCUT2D eigenvalue weighted by Crippen LogP contribution is 2.23. The summed E-state index contributed by atoms with van der Waals surface area (Å²) in [6, 6.07) is 18.2. The number of benzene rings is 2. The molecule has 1 aliphatic rings. The van der Waals surface area contributed by atoms with E-state index < -0.39 is 0 Å². The highest BCUT2D eigenvalue weighted by molar-refractivity contribution is 5.95. The molecule has 2 aromatic rings. The lowest BCUT2D eigenvalue weighted by atomic mass is 9.99. The van der Waals surface area contributed by atoms with Crippen LogP contribution in [0.25, 0.3) is 5.57 Å². The molecule has 0 bridgehead atoms. The van der Waals surface area contributed by atoms with Gasteiger partial charge < -0.3 is 4.90 Å². The molecule has 2 heteroatoms. The Kier molecular flexibility index (Phi) is 3.87. The molecule has 2 aromatic carbocycles. The van der Waals surface area contributed by atoms with Gasteiger partial charge in [-0.2, -0.15) is 0 Å². The average Bonchev–Trinajstić information content (AvgIpc) is 2.55. The monoisotopic (exact) mass is 277 g/mol. The van der Waals surface area contributed by atoms with Crippen LogP contribution >= 0.6 is 0 Å². The minimum absolute atomic E-state index is 0.127. The van der Waals surface area contributed by atoms with E-state index >= 15 is 0 Å². The fourth-order valence-electron chi connectivity index (χ4n) is 2.73.